The van der Waals surface area contributed by atoms with Crippen LogP contribution < -0.4 is 0 Å². The molecule has 0 saturated heterocycles. The van der Waals surface area contributed by atoms with Crippen LogP contribution in [0.25, 0.3) is 10.9 Å². The van der Waals surface area contributed by atoms with Crippen LogP contribution in [0, 0.1) is 0 Å². The molecule has 7 nitrogen and oxygen atoms in total. The maximum atomic E-state index is 13.3. The minimum atomic E-state index is -0.151. The van der Waals surface area contributed by atoms with Crippen LogP contribution in [0.2, 0.25) is 0 Å². The van der Waals surface area contributed by atoms with Gasteiger partial charge in [0.15, 0.2) is 5.78 Å². The molecule has 32 heavy (non-hydrogen) atoms. The first-order chi connectivity index (χ1) is 15.6. The summed E-state index contributed by atoms with van der Waals surface area (Å²) in [6.45, 7) is 1.53. The largest absolute Gasteiger partial charge is 0.351 e. The lowest BCUT2D eigenvalue weighted by atomic mass is 9.92. The second kappa shape index (κ2) is 7.15. The van der Waals surface area contributed by atoms with Crippen molar-refractivity contribution >= 4 is 22.6 Å². The highest BCUT2D eigenvalue weighted by molar-refractivity contribution is 5.99. The molecule has 0 bridgehead atoms. The second-order valence-electron chi connectivity index (χ2n) is 8.82. The fraction of sp³-hybridized carbons (Fsp3) is 0.280. The SMILES string of the molecule is O=C(CC1(c2ccccn2)CC1)c1cnn2c1CN(C(=O)c1cc3ccccc3[nH]1)CC2. The van der Waals surface area contributed by atoms with E-state index in [9.17, 15) is 9.59 Å². The number of rotatable bonds is 5. The zero-order valence-electron chi connectivity index (χ0n) is 17.6. The molecule has 7 heteroatoms. The maximum Gasteiger partial charge on any atom is 0.270 e. The van der Waals surface area contributed by atoms with E-state index < -0.39 is 0 Å². The Balaban J connectivity index is 1.23. The smallest absolute Gasteiger partial charge is 0.270 e. The number of H-pyrrole nitrogens is 1. The highest BCUT2D eigenvalue weighted by atomic mass is 16.2. The molecule has 4 heterocycles. The van der Waals surface area contributed by atoms with Crippen molar-refractivity contribution in [2.75, 3.05) is 6.54 Å². The fourth-order valence-electron chi connectivity index (χ4n) is 4.76. The monoisotopic (exact) mass is 425 g/mol. The quantitative estimate of drug-likeness (QED) is 0.494. The number of amides is 1. The molecule has 6 rings (SSSR count). The van der Waals surface area contributed by atoms with Crippen LogP contribution in [0.5, 0.6) is 0 Å². The average molecular weight is 425 g/mol. The van der Waals surface area contributed by atoms with E-state index in [2.05, 4.69) is 15.1 Å². The molecular formula is C25H23N5O2. The predicted molar refractivity (Wildman–Crippen MR) is 119 cm³/mol. The molecular weight excluding hydrogens is 402 g/mol. The summed E-state index contributed by atoms with van der Waals surface area (Å²) in [6, 6.07) is 15.6. The Morgan fingerprint density at radius 3 is 2.69 bits per heavy atom. The van der Waals surface area contributed by atoms with E-state index in [1.54, 1.807) is 17.3 Å². The maximum absolute atomic E-state index is 13.3. The fourth-order valence-corrected chi connectivity index (χ4v) is 4.76. The van der Waals surface area contributed by atoms with E-state index >= 15 is 0 Å². The summed E-state index contributed by atoms with van der Waals surface area (Å²) in [5, 5.41) is 5.45. The third kappa shape index (κ3) is 3.12. The molecule has 1 N–H and O–H groups in total. The molecule has 4 aromatic rings. The van der Waals surface area contributed by atoms with Gasteiger partial charge >= 0.3 is 0 Å². The van der Waals surface area contributed by atoms with Crippen LogP contribution in [-0.4, -0.2) is 42.9 Å². The Morgan fingerprint density at radius 1 is 1.06 bits per heavy atom. The Labute approximate surface area is 185 Å². The Bertz CT molecular complexity index is 1300. The number of hydrogen-bond donors (Lipinski definition) is 1. The van der Waals surface area contributed by atoms with Gasteiger partial charge in [0.25, 0.3) is 5.91 Å². The number of benzene rings is 1. The van der Waals surface area contributed by atoms with Crippen molar-refractivity contribution < 1.29 is 9.59 Å². The third-order valence-electron chi connectivity index (χ3n) is 6.78. The summed E-state index contributed by atoms with van der Waals surface area (Å²) in [4.78, 5) is 36.0. The van der Waals surface area contributed by atoms with Gasteiger partial charge in [-0.15, -0.1) is 0 Å². The number of nitrogens with one attached hydrogen (secondary N) is 1. The van der Waals surface area contributed by atoms with E-state index in [1.807, 2.05) is 53.2 Å². The van der Waals surface area contributed by atoms with Crippen molar-refractivity contribution in [3.63, 3.8) is 0 Å². The number of carbonyl (C=O) groups excluding carboxylic acids is 2. The van der Waals surface area contributed by atoms with Crippen LogP contribution in [0.3, 0.4) is 0 Å². The number of ketones is 1. The Kier molecular flexibility index (Phi) is 4.24. The predicted octanol–water partition coefficient (Wildman–Crippen LogP) is 3.72. The van der Waals surface area contributed by atoms with E-state index in [0.29, 0.717) is 37.3 Å². The number of aromatic amines is 1. The standard InChI is InChI=1S/C25H23N5O2/c31-22(14-25(8-9-25)23-7-3-4-10-26-23)18-15-27-30-12-11-29(16-21(18)30)24(32)20-13-17-5-1-2-6-19(17)28-20/h1-7,10,13,15,28H,8-9,11-12,14,16H2. The summed E-state index contributed by atoms with van der Waals surface area (Å²) in [6.07, 6.45) is 5.84. The number of nitrogens with zero attached hydrogens (tertiary/aromatic N) is 4. The number of carbonyl (C=O) groups is 2. The molecule has 1 saturated carbocycles. The van der Waals surface area contributed by atoms with E-state index in [-0.39, 0.29) is 17.1 Å². The summed E-state index contributed by atoms with van der Waals surface area (Å²) >= 11 is 0. The van der Waals surface area contributed by atoms with Gasteiger partial charge in [0.05, 0.1) is 30.5 Å². The summed E-state index contributed by atoms with van der Waals surface area (Å²) in [5.41, 5.74) is 3.80. The number of hydrogen-bond acceptors (Lipinski definition) is 4. The van der Waals surface area contributed by atoms with Crippen molar-refractivity contribution in [3.05, 3.63) is 83.6 Å². The molecule has 1 aromatic carbocycles. The molecule has 2 aliphatic rings. The van der Waals surface area contributed by atoms with Gasteiger partial charge in [-0.3, -0.25) is 19.3 Å². The van der Waals surface area contributed by atoms with Gasteiger partial charge < -0.3 is 9.88 Å². The first kappa shape index (κ1) is 19.0. The summed E-state index contributed by atoms with van der Waals surface area (Å²) in [5.74, 6) is 0.0218. The average Bonchev–Trinajstić information content (AvgIpc) is 3.29. The van der Waals surface area contributed by atoms with E-state index in [4.69, 9.17) is 0 Å². The summed E-state index contributed by atoms with van der Waals surface area (Å²) in [7, 11) is 0. The Morgan fingerprint density at radius 2 is 1.91 bits per heavy atom. The van der Waals surface area contributed by atoms with Gasteiger partial charge in [0, 0.05) is 41.2 Å². The number of fused-ring (bicyclic) bond motifs is 2. The van der Waals surface area contributed by atoms with Crippen LogP contribution in [0.1, 0.15) is 51.5 Å². The molecule has 1 fully saturated rings. The lowest BCUT2D eigenvalue weighted by molar-refractivity contribution is 0.0698. The first-order valence-corrected chi connectivity index (χ1v) is 11.0. The first-order valence-electron chi connectivity index (χ1n) is 11.0. The molecule has 0 radical (unpaired) electrons. The van der Waals surface area contributed by atoms with Crippen molar-refractivity contribution in [1.82, 2.24) is 24.6 Å². The van der Waals surface area contributed by atoms with Gasteiger partial charge in [-0.05, 0) is 37.1 Å². The molecule has 0 spiro atoms. The Hall–Kier alpha value is -3.74. The van der Waals surface area contributed by atoms with Crippen LogP contribution >= 0.6 is 0 Å². The minimum absolute atomic E-state index is 0.0563. The normalized spacial score (nSPS) is 16.7. The van der Waals surface area contributed by atoms with Gasteiger partial charge in [0.1, 0.15) is 5.69 Å². The number of para-hydroxylation sites is 1. The van der Waals surface area contributed by atoms with Crippen LogP contribution in [0.4, 0.5) is 0 Å². The third-order valence-corrected chi connectivity index (χ3v) is 6.78. The highest BCUT2D eigenvalue weighted by Crippen LogP contribution is 2.50. The van der Waals surface area contributed by atoms with E-state index in [1.165, 1.54) is 0 Å². The molecule has 1 aliphatic carbocycles. The van der Waals surface area contributed by atoms with Crippen molar-refractivity contribution in [2.45, 2.75) is 37.8 Å². The molecule has 3 aromatic heterocycles. The molecule has 160 valence electrons. The molecule has 1 amide bonds. The lowest BCUT2D eigenvalue weighted by Crippen LogP contribution is -2.39. The van der Waals surface area contributed by atoms with E-state index in [0.717, 1.165) is 35.1 Å². The topological polar surface area (TPSA) is 83.9 Å². The van der Waals surface area contributed by atoms with Crippen molar-refractivity contribution in [3.8, 4) is 0 Å². The highest BCUT2D eigenvalue weighted by Gasteiger charge is 2.47. The van der Waals surface area contributed by atoms with Gasteiger partial charge in [0.2, 0.25) is 0 Å². The summed E-state index contributed by atoms with van der Waals surface area (Å²) < 4.78 is 1.86. The van der Waals surface area contributed by atoms with Gasteiger partial charge in [-0.1, -0.05) is 24.3 Å². The van der Waals surface area contributed by atoms with Crippen LogP contribution in [-0.2, 0) is 18.5 Å². The number of aromatic nitrogens is 4. The second-order valence-corrected chi connectivity index (χ2v) is 8.82. The zero-order valence-corrected chi connectivity index (χ0v) is 17.6. The molecule has 0 unspecified atom stereocenters. The van der Waals surface area contributed by atoms with Crippen molar-refractivity contribution in [1.29, 1.82) is 0 Å². The minimum Gasteiger partial charge on any atom is -0.351 e. The van der Waals surface area contributed by atoms with Gasteiger partial charge in [-0.25, -0.2) is 0 Å². The number of Topliss-reactive ketones (excluding diaryl/α,β-unsaturated/α-hetero) is 1. The van der Waals surface area contributed by atoms with Gasteiger partial charge in [-0.2, -0.15) is 5.10 Å². The number of pyridine rings is 1. The van der Waals surface area contributed by atoms with Crippen molar-refractivity contribution in [2.24, 2.45) is 0 Å². The van der Waals surface area contributed by atoms with Crippen LogP contribution in [0.15, 0.2) is 60.9 Å². The molecule has 0 atom stereocenters. The molecule has 1 aliphatic heterocycles. The lowest BCUT2D eigenvalue weighted by Gasteiger charge is -2.28. The zero-order chi connectivity index (χ0) is 21.7.